The van der Waals surface area contributed by atoms with Crippen LogP contribution in [-0.2, 0) is 9.53 Å². The van der Waals surface area contributed by atoms with Gasteiger partial charge in [-0.05, 0) is 36.6 Å². The van der Waals surface area contributed by atoms with Crippen molar-refractivity contribution < 1.29 is 9.53 Å². The lowest BCUT2D eigenvalue weighted by atomic mass is 9.89. The zero-order chi connectivity index (χ0) is 20.1. The molecule has 0 aromatic heterocycles. The number of hydrogen-bond acceptors (Lipinski definition) is 4. The first-order valence-corrected chi connectivity index (χ1v) is 8.89. The Morgan fingerprint density at radius 3 is 2.25 bits per heavy atom. The maximum atomic E-state index is 11.6. The molecule has 0 atom stereocenters. The van der Waals surface area contributed by atoms with Crippen LogP contribution in [0.2, 0.25) is 0 Å². The number of nitriles is 1. The number of ether oxygens (including phenoxy) is 1. The number of allylic oxidation sites excluding steroid dienone is 1. The number of carbonyl (C=O) groups excluding carboxylic acids is 1. The summed E-state index contributed by atoms with van der Waals surface area (Å²) < 4.78 is 5.21. The molecule has 0 unspecified atom stereocenters. The van der Waals surface area contributed by atoms with Crippen molar-refractivity contribution >= 4 is 22.9 Å². The van der Waals surface area contributed by atoms with Crippen LogP contribution < -0.4 is 4.90 Å². The molecule has 5 heteroatoms. The minimum Gasteiger partial charge on any atom is -0.462 e. The summed E-state index contributed by atoms with van der Waals surface area (Å²) >= 11 is 0. The average Bonchev–Trinajstić information content (AvgIpc) is 2.72. The minimum atomic E-state index is -0.389. The summed E-state index contributed by atoms with van der Waals surface area (Å²) in [6.07, 6.45) is 0.634. The number of carbonyl (C=O) groups is 1. The first-order valence-electron chi connectivity index (χ1n) is 8.89. The molecule has 0 fully saturated rings. The molecule has 1 aliphatic rings. The molecule has 5 nitrogen and oxygen atoms in total. The van der Waals surface area contributed by atoms with Gasteiger partial charge in [0, 0.05) is 29.1 Å². The molecule has 0 radical (unpaired) electrons. The van der Waals surface area contributed by atoms with Crippen LogP contribution in [0.3, 0.4) is 0 Å². The van der Waals surface area contributed by atoms with Gasteiger partial charge in [-0.3, -0.25) is 0 Å². The van der Waals surface area contributed by atoms with Gasteiger partial charge in [-0.1, -0.05) is 43.0 Å². The second kappa shape index (κ2) is 8.24. The monoisotopic (exact) mass is 369 g/mol. The number of hydrogen-bond donors (Lipinski definition) is 0. The Hall–Kier alpha value is -3.83. The molecule has 2 aromatic carbocycles. The Kier molecular flexibility index (Phi) is 5.58. The second-order valence-corrected chi connectivity index (χ2v) is 6.40. The van der Waals surface area contributed by atoms with Crippen LogP contribution in [-0.4, -0.2) is 19.1 Å². The van der Waals surface area contributed by atoms with E-state index in [0.29, 0.717) is 30.7 Å². The number of nitrogens with zero attached hydrogens (tertiary/aromatic N) is 3. The highest BCUT2D eigenvalue weighted by molar-refractivity contribution is 6.00. The lowest BCUT2D eigenvalue weighted by molar-refractivity contribution is -0.138. The van der Waals surface area contributed by atoms with E-state index in [1.807, 2.05) is 54.6 Å². The van der Waals surface area contributed by atoms with Crippen molar-refractivity contribution in [1.29, 1.82) is 5.26 Å². The largest absolute Gasteiger partial charge is 0.462 e. The van der Waals surface area contributed by atoms with Gasteiger partial charge in [-0.25, -0.2) is 14.9 Å². The molecule has 28 heavy (non-hydrogen) atoms. The highest BCUT2D eigenvalue weighted by atomic mass is 16.5. The standard InChI is InChI=1S/C23H19N3O2/c1-16(2)23(27)28-14-8-13-26-20-11-6-4-9-17(20)22(19(15-24)25-3)18-10-5-7-12-21(18)26/h4-7,9-12H,1,8,13-14H2,2H3. The fourth-order valence-electron chi connectivity index (χ4n) is 3.26. The van der Waals surface area contributed by atoms with Gasteiger partial charge in [0.15, 0.2) is 0 Å². The number of fused-ring (bicyclic) bond motifs is 2. The predicted molar refractivity (Wildman–Crippen MR) is 109 cm³/mol. The van der Waals surface area contributed by atoms with Crippen molar-refractivity contribution in [3.63, 3.8) is 0 Å². The Bertz CT molecular complexity index is 989. The van der Waals surface area contributed by atoms with Gasteiger partial charge in [0.05, 0.1) is 19.2 Å². The average molecular weight is 369 g/mol. The number of benzene rings is 2. The molecule has 3 rings (SSSR count). The normalized spacial score (nSPS) is 11.5. The molecule has 1 aliphatic heterocycles. The fraction of sp³-hybridized carbons (Fsp3) is 0.174. The van der Waals surface area contributed by atoms with E-state index >= 15 is 0 Å². The van der Waals surface area contributed by atoms with Crippen LogP contribution in [0.4, 0.5) is 11.4 Å². The minimum absolute atomic E-state index is 0.0786. The van der Waals surface area contributed by atoms with E-state index in [1.54, 1.807) is 6.92 Å². The maximum Gasteiger partial charge on any atom is 0.333 e. The third kappa shape index (κ3) is 3.51. The summed E-state index contributed by atoms with van der Waals surface area (Å²) in [6, 6.07) is 17.5. The highest BCUT2D eigenvalue weighted by Crippen LogP contribution is 2.46. The molecule has 2 aromatic rings. The van der Waals surface area contributed by atoms with E-state index in [9.17, 15) is 10.1 Å². The Labute approximate surface area is 164 Å². The van der Waals surface area contributed by atoms with Crippen LogP contribution in [0, 0.1) is 17.9 Å². The first-order chi connectivity index (χ1) is 13.6. The molecule has 1 heterocycles. The SMILES string of the molecule is [C-]#[N+]C(C#N)=C1c2ccccc2N(CCCOC(=O)C(=C)C)c2ccccc21. The van der Waals surface area contributed by atoms with E-state index in [0.717, 1.165) is 22.5 Å². The van der Waals surface area contributed by atoms with Gasteiger partial charge >= 0.3 is 5.97 Å². The van der Waals surface area contributed by atoms with Gasteiger partial charge in [0.2, 0.25) is 0 Å². The molecule has 138 valence electrons. The van der Waals surface area contributed by atoms with Gasteiger partial charge in [-0.15, -0.1) is 0 Å². The van der Waals surface area contributed by atoms with Crippen LogP contribution >= 0.6 is 0 Å². The molecule has 0 saturated carbocycles. The van der Waals surface area contributed by atoms with Crippen molar-refractivity contribution in [2.45, 2.75) is 13.3 Å². The molecular weight excluding hydrogens is 350 g/mol. The van der Waals surface area contributed by atoms with E-state index in [4.69, 9.17) is 11.3 Å². The molecule has 0 spiro atoms. The molecule has 0 aliphatic carbocycles. The van der Waals surface area contributed by atoms with E-state index in [2.05, 4.69) is 16.3 Å². The van der Waals surface area contributed by atoms with Crippen molar-refractivity contribution in [1.82, 2.24) is 0 Å². The van der Waals surface area contributed by atoms with E-state index < -0.39 is 0 Å². The van der Waals surface area contributed by atoms with Crippen molar-refractivity contribution in [3.05, 3.63) is 88.9 Å². The maximum absolute atomic E-state index is 11.6. The van der Waals surface area contributed by atoms with Crippen molar-refractivity contribution in [2.75, 3.05) is 18.1 Å². The first kappa shape index (κ1) is 18.9. The smallest absolute Gasteiger partial charge is 0.333 e. The fourth-order valence-corrected chi connectivity index (χ4v) is 3.26. The van der Waals surface area contributed by atoms with E-state index in [1.165, 1.54) is 0 Å². The quantitative estimate of drug-likeness (QED) is 0.249. The summed E-state index contributed by atoms with van der Waals surface area (Å²) in [7, 11) is 0. The predicted octanol–water partition coefficient (Wildman–Crippen LogP) is 4.85. The Balaban J connectivity index is 1.98. The zero-order valence-electron chi connectivity index (χ0n) is 15.6. The summed E-state index contributed by atoms with van der Waals surface area (Å²) in [4.78, 5) is 17.2. The highest BCUT2D eigenvalue weighted by Gasteiger charge is 2.27. The third-order valence-electron chi connectivity index (χ3n) is 4.49. The van der Waals surface area contributed by atoms with Crippen LogP contribution in [0.5, 0.6) is 0 Å². The Morgan fingerprint density at radius 2 is 1.75 bits per heavy atom. The second-order valence-electron chi connectivity index (χ2n) is 6.40. The number of esters is 1. The molecular formula is C23H19N3O2. The Morgan fingerprint density at radius 1 is 1.18 bits per heavy atom. The summed E-state index contributed by atoms with van der Waals surface area (Å²) in [5.74, 6) is -0.389. The number of rotatable bonds is 5. The summed E-state index contributed by atoms with van der Waals surface area (Å²) in [5, 5.41) is 9.47. The van der Waals surface area contributed by atoms with Gasteiger partial charge in [0.1, 0.15) is 0 Å². The number of anilines is 2. The lowest BCUT2D eigenvalue weighted by Gasteiger charge is -2.35. The molecule has 0 bridgehead atoms. The number of para-hydroxylation sites is 2. The van der Waals surface area contributed by atoms with Gasteiger partial charge < -0.3 is 9.64 Å². The zero-order valence-corrected chi connectivity index (χ0v) is 15.6. The summed E-state index contributed by atoms with van der Waals surface area (Å²) in [6.45, 7) is 13.5. The molecule has 0 saturated heterocycles. The summed E-state index contributed by atoms with van der Waals surface area (Å²) in [5.41, 5.74) is 4.69. The van der Waals surface area contributed by atoms with Gasteiger partial charge in [0.25, 0.3) is 5.70 Å². The lowest BCUT2D eigenvalue weighted by Crippen LogP contribution is -2.25. The van der Waals surface area contributed by atoms with Crippen LogP contribution in [0.15, 0.2) is 66.4 Å². The van der Waals surface area contributed by atoms with Crippen molar-refractivity contribution in [2.24, 2.45) is 0 Å². The van der Waals surface area contributed by atoms with Gasteiger partial charge in [-0.2, -0.15) is 0 Å². The van der Waals surface area contributed by atoms with Crippen LogP contribution in [0.1, 0.15) is 24.5 Å². The van der Waals surface area contributed by atoms with Crippen LogP contribution in [0.25, 0.3) is 10.4 Å². The third-order valence-corrected chi connectivity index (χ3v) is 4.49. The topological polar surface area (TPSA) is 57.7 Å². The molecule has 0 N–H and O–H groups in total. The molecule has 0 amide bonds. The van der Waals surface area contributed by atoms with Crippen molar-refractivity contribution in [3.8, 4) is 6.07 Å². The van der Waals surface area contributed by atoms with E-state index in [-0.39, 0.29) is 11.7 Å².